The molecule has 1 amide bonds. The molecule has 0 aliphatic carbocycles. The monoisotopic (exact) mass is 587 g/mol. The Labute approximate surface area is 238 Å². The summed E-state index contributed by atoms with van der Waals surface area (Å²) in [5.41, 5.74) is 0.353. The predicted octanol–water partition coefficient (Wildman–Crippen LogP) is 2.05. The summed E-state index contributed by atoms with van der Waals surface area (Å²) in [5, 5.41) is 7.30. The zero-order valence-electron chi connectivity index (χ0n) is 22.5. The lowest BCUT2D eigenvalue weighted by molar-refractivity contribution is -0.110. The average Bonchev–Trinajstić information content (AvgIpc) is 3.39. The number of carbonyl (C=O) groups is 1. The molecule has 2 aromatic heterocycles. The largest absolute Gasteiger partial charge is 0.387 e. The highest BCUT2D eigenvalue weighted by atomic mass is 32.2. The summed E-state index contributed by atoms with van der Waals surface area (Å²) in [4.78, 5) is 37.1. The normalized spacial score (nSPS) is 15.2. The van der Waals surface area contributed by atoms with E-state index in [2.05, 4.69) is 42.3 Å². The highest BCUT2D eigenvalue weighted by Crippen LogP contribution is 2.21. The fourth-order valence-electron chi connectivity index (χ4n) is 3.94. The molecule has 1 fully saturated rings. The van der Waals surface area contributed by atoms with Crippen LogP contribution in [0.2, 0.25) is 0 Å². The van der Waals surface area contributed by atoms with Crippen LogP contribution >= 0.6 is 11.3 Å². The quantitative estimate of drug-likeness (QED) is 0.180. The topological polar surface area (TPSA) is 139 Å². The van der Waals surface area contributed by atoms with E-state index in [0.29, 0.717) is 29.5 Å². The molecule has 214 valence electrons. The Kier molecular flexibility index (Phi) is 10.7. The lowest BCUT2D eigenvalue weighted by Crippen LogP contribution is -2.43. The van der Waals surface area contributed by atoms with Gasteiger partial charge in [0.2, 0.25) is 0 Å². The average molecular weight is 588 g/mol. The zero-order chi connectivity index (χ0) is 28.4. The van der Waals surface area contributed by atoms with E-state index in [1.165, 1.54) is 42.7 Å². The van der Waals surface area contributed by atoms with Crippen molar-refractivity contribution in [3.63, 3.8) is 0 Å². The molecule has 1 aromatic carbocycles. The van der Waals surface area contributed by atoms with Gasteiger partial charge in [-0.25, -0.2) is 23.4 Å². The van der Waals surface area contributed by atoms with Gasteiger partial charge in [-0.15, -0.1) is 11.3 Å². The Morgan fingerprint density at radius 2 is 1.82 bits per heavy atom. The fraction of sp³-hybridized carbons (Fsp3) is 0.423. The fourth-order valence-corrected chi connectivity index (χ4v) is 6.07. The highest BCUT2D eigenvalue weighted by Gasteiger charge is 2.21. The number of sulfone groups is 1. The summed E-state index contributed by atoms with van der Waals surface area (Å²) in [6.07, 6.45) is 5.31. The summed E-state index contributed by atoms with van der Waals surface area (Å²) in [7, 11) is 0.149. The van der Waals surface area contributed by atoms with E-state index in [0.717, 1.165) is 37.6 Å². The van der Waals surface area contributed by atoms with Crippen molar-refractivity contribution >= 4 is 37.9 Å². The van der Waals surface area contributed by atoms with E-state index in [4.69, 9.17) is 9.57 Å². The number of piperazine rings is 1. The molecule has 4 rings (SSSR count). The van der Waals surface area contributed by atoms with Crippen LogP contribution in [0.3, 0.4) is 0 Å². The lowest BCUT2D eigenvalue weighted by Gasteiger charge is -2.31. The molecule has 1 aliphatic rings. The highest BCUT2D eigenvalue weighted by molar-refractivity contribution is 7.91. The van der Waals surface area contributed by atoms with Gasteiger partial charge < -0.3 is 14.5 Å². The van der Waals surface area contributed by atoms with E-state index in [9.17, 15) is 13.2 Å². The van der Waals surface area contributed by atoms with Gasteiger partial charge in [0.05, 0.1) is 10.6 Å². The number of nitrogens with zero attached hydrogens (tertiary/aromatic N) is 6. The molecule has 1 aliphatic heterocycles. The smallest absolute Gasteiger partial charge is 0.280 e. The first kappa shape index (κ1) is 29.7. The molecular formula is C26H33N7O5S2. The molecule has 1 N–H and O–H groups in total. The Hall–Kier alpha value is -3.30. The van der Waals surface area contributed by atoms with Gasteiger partial charge in [-0.2, -0.15) is 0 Å². The molecule has 3 heterocycles. The number of carbonyl (C=O) groups excluding carboxylic acids is 1. The van der Waals surface area contributed by atoms with Gasteiger partial charge >= 0.3 is 0 Å². The van der Waals surface area contributed by atoms with Crippen molar-refractivity contribution in [2.75, 3.05) is 58.0 Å². The molecule has 0 unspecified atom stereocenters. The van der Waals surface area contributed by atoms with Crippen LogP contribution < -0.4 is 5.32 Å². The third-order valence-electron chi connectivity index (χ3n) is 6.18. The van der Waals surface area contributed by atoms with Gasteiger partial charge in [0.1, 0.15) is 0 Å². The second kappa shape index (κ2) is 14.4. The Morgan fingerprint density at radius 1 is 1.10 bits per heavy atom. The number of anilines is 1. The summed E-state index contributed by atoms with van der Waals surface area (Å²) >= 11 is 1.40. The summed E-state index contributed by atoms with van der Waals surface area (Å²) in [6, 6.07) is 7.66. The van der Waals surface area contributed by atoms with E-state index in [-0.39, 0.29) is 23.0 Å². The summed E-state index contributed by atoms with van der Waals surface area (Å²) < 4.78 is 30.2. The molecule has 0 atom stereocenters. The minimum absolute atomic E-state index is 0.0323. The third kappa shape index (κ3) is 8.60. The number of rotatable bonds is 13. The Bertz CT molecular complexity index is 1370. The van der Waals surface area contributed by atoms with Gasteiger partial charge in [-0.3, -0.25) is 15.0 Å². The van der Waals surface area contributed by atoms with Gasteiger partial charge in [-0.1, -0.05) is 17.3 Å². The van der Waals surface area contributed by atoms with Crippen molar-refractivity contribution < 1.29 is 22.8 Å². The minimum atomic E-state index is -3.49. The maximum Gasteiger partial charge on any atom is 0.280 e. The van der Waals surface area contributed by atoms with Crippen LogP contribution in [0.15, 0.2) is 59.0 Å². The first-order chi connectivity index (χ1) is 19.3. The summed E-state index contributed by atoms with van der Waals surface area (Å²) in [5.74, 6) is -0.176. The van der Waals surface area contributed by atoms with Gasteiger partial charge in [0.25, 0.3) is 5.91 Å². The number of thiazole rings is 1. The van der Waals surface area contributed by atoms with Gasteiger partial charge in [0, 0.05) is 75.5 Å². The van der Waals surface area contributed by atoms with E-state index >= 15 is 0 Å². The number of oxime groups is 1. The summed E-state index contributed by atoms with van der Waals surface area (Å²) in [6.45, 7) is 5.07. The number of hydrogen-bond donors (Lipinski definition) is 1. The maximum absolute atomic E-state index is 13.3. The van der Waals surface area contributed by atoms with Crippen LogP contribution in [-0.2, 0) is 37.4 Å². The standard InChI is InChI=1S/C26H33N7O5S2/c1-32-11-13-33(14-12-32)18-21-17-29-26(39-21)30-25(34)24(31-38-19-23-27-9-3-10-28-23)20-5-7-22(8-6-20)40(35,36)16-4-15-37-2/h3,5-10,17H,4,11-16,18-19H2,1-2H3,(H,29,30,34). The van der Waals surface area contributed by atoms with Gasteiger partial charge in [0.15, 0.2) is 33.1 Å². The molecule has 1 saturated heterocycles. The van der Waals surface area contributed by atoms with Crippen molar-refractivity contribution in [1.29, 1.82) is 0 Å². The molecule has 3 aromatic rings. The minimum Gasteiger partial charge on any atom is -0.387 e. The number of likely N-dealkylation sites (N-methyl/N-ethyl adjacent to an activating group) is 1. The molecule has 0 saturated carbocycles. The molecule has 14 heteroatoms. The molecule has 0 radical (unpaired) electrons. The molecule has 0 bridgehead atoms. The van der Waals surface area contributed by atoms with Crippen LogP contribution in [0.1, 0.15) is 22.7 Å². The van der Waals surface area contributed by atoms with Gasteiger partial charge in [-0.05, 0) is 31.7 Å². The number of hydrogen-bond acceptors (Lipinski definition) is 12. The Balaban J connectivity index is 1.48. The van der Waals surface area contributed by atoms with Crippen molar-refractivity contribution in [2.24, 2.45) is 5.16 Å². The van der Waals surface area contributed by atoms with Crippen molar-refractivity contribution in [3.05, 3.63) is 65.2 Å². The number of nitrogens with one attached hydrogen (secondary N) is 1. The second-order valence-electron chi connectivity index (χ2n) is 9.23. The van der Waals surface area contributed by atoms with Crippen LogP contribution in [0.5, 0.6) is 0 Å². The maximum atomic E-state index is 13.3. The number of benzene rings is 1. The first-order valence-electron chi connectivity index (χ1n) is 12.8. The number of amides is 1. The van der Waals surface area contributed by atoms with Crippen molar-refractivity contribution in [2.45, 2.75) is 24.5 Å². The first-order valence-corrected chi connectivity index (χ1v) is 15.3. The number of aromatic nitrogens is 3. The third-order valence-corrected chi connectivity index (χ3v) is 8.90. The Morgan fingerprint density at radius 3 is 2.52 bits per heavy atom. The number of ether oxygens (including phenoxy) is 1. The van der Waals surface area contributed by atoms with Crippen LogP contribution in [0.25, 0.3) is 0 Å². The second-order valence-corrected chi connectivity index (χ2v) is 12.5. The molecular weight excluding hydrogens is 554 g/mol. The zero-order valence-corrected chi connectivity index (χ0v) is 24.2. The molecule has 0 spiro atoms. The molecule has 12 nitrogen and oxygen atoms in total. The van der Waals surface area contributed by atoms with Crippen molar-refractivity contribution in [3.8, 4) is 0 Å². The van der Waals surface area contributed by atoms with Crippen molar-refractivity contribution in [1.82, 2.24) is 24.8 Å². The number of methoxy groups -OCH3 is 1. The van der Waals surface area contributed by atoms with Crippen LogP contribution in [-0.4, -0.2) is 97.5 Å². The van der Waals surface area contributed by atoms with Crippen LogP contribution in [0, 0.1) is 0 Å². The molecule has 40 heavy (non-hydrogen) atoms. The van der Waals surface area contributed by atoms with E-state index in [1.807, 2.05) is 0 Å². The lowest BCUT2D eigenvalue weighted by atomic mass is 10.1. The van der Waals surface area contributed by atoms with Crippen LogP contribution in [0.4, 0.5) is 5.13 Å². The SMILES string of the molecule is COCCCS(=O)(=O)c1ccc(C(=NOCc2ncccn2)C(=O)Nc2ncc(CN3CCN(C)CC3)s2)cc1. The predicted molar refractivity (Wildman–Crippen MR) is 152 cm³/mol. The van der Waals surface area contributed by atoms with E-state index in [1.54, 1.807) is 24.7 Å². The van der Waals surface area contributed by atoms with E-state index < -0.39 is 15.7 Å².